The third kappa shape index (κ3) is 3.78. The van der Waals surface area contributed by atoms with Crippen LogP contribution in [0.3, 0.4) is 0 Å². The first-order valence-electron chi connectivity index (χ1n) is 6.34. The minimum Gasteiger partial charge on any atom is -0.480 e. The lowest BCUT2D eigenvalue weighted by Gasteiger charge is -2.31. The highest BCUT2D eigenvalue weighted by molar-refractivity contribution is 7.12. The Labute approximate surface area is 120 Å². The van der Waals surface area contributed by atoms with Crippen LogP contribution in [0.2, 0.25) is 0 Å². The molecule has 0 radical (unpaired) electrons. The monoisotopic (exact) mass is 299 g/mol. The fourth-order valence-corrected chi connectivity index (χ4v) is 2.89. The first-order valence-corrected chi connectivity index (χ1v) is 7.22. The molecule has 0 aromatic carbocycles. The van der Waals surface area contributed by atoms with E-state index in [2.05, 4.69) is 5.32 Å². The van der Waals surface area contributed by atoms with Crippen molar-refractivity contribution in [2.24, 2.45) is 0 Å². The van der Waals surface area contributed by atoms with Crippen molar-refractivity contribution in [1.29, 1.82) is 0 Å². The zero-order valence-electron chi connectivity index (χ0n) is 11.1. The summed E-state index contributed by atoms with van der Waals surface area (Å²) in [7, 11) is 0. The molecule has 0 spiro atoms. The summed E-state index contributed by atoms with van der Waals surface area (Å²) in [4.78, 5) is 23.4. The van der Waals surface area contributed by atoms with Gasteiger partial charge < -0.3 is 19.9 Å². The number of hydrogen-bond acceptors (Lipinski definition) is 5. The highest BCUT2D eigenvalue weighted by atomic mass is 32.1. The lowest BCUT2D eigenvalue weighted by atomic mass is 10.1. The molecule has 2 N–H and O–H groups in total. The lowest BCUT2D eigenvalue weighted by molar-refractivity contribution is -0.148. The molecule has 110 valence electrons. The minimum absolute atomic E-state index is 0.145. The molecule has 1 aliphatic rings. The van der Waals surface area contributed by atoms with Crippen LogP contribution in [0.1, 0.15) is 21.7 Å². The van der Waals surface area contributed by atoms with Crippen molar-refractivity contribution in [3.8, 4) is 0 Å². The molecular formula is C13H17NO5S. The average molecular weight is 299 g/mol. The van der Waals surface area contributed by atoms with Crippen LogP contribution in [0.15, 0.2) is 11.4 Å². The molecule has 0 bridgehead atoms. The zero-order valence-corrected chi connectivity index (χ0v) is 11.9. The molecule has 1 amide bonds. The number of carboxylic acid groups (broad SMARTS) is 1. The molecule has 1 fully saturated rings. The summed E-state index contributed by atoms with van der Waals surface area (Å²) in [6.07, 6.45) is 0.185. The Hall–Kier alpha value is -1.44. The number of carbonyl (C=O) groups excluding carboxylic acids is 1. The van der Waals surface area contributed by atoms with E-state index < -0.39 is 18.7 Å². The van der Waals surface area contributed by atoms with Gasteiger partial charge in [0.1, 0.15) is 12.7 Å². The maximum Gasteiger partial charge on any atom is 0.329 e. The summed E-state index contributed by atoms with van der Waals surface area (Å²) in [6.45, 7) is 2.31. The Morgan fingerprint density at radius 1 is 1.60 bits per heavy atom. The van der Waals surface area contributed by atoms with Gasteiger partial charge in [-0.3, -0.25) is 4.79 Å². The Morgan fingerprint density at radius 2 is 2.40 bits per heavy atom. The Kier molecular flexibility index (Phi) is 5.11. The highest BCUT2D eigenvalue weighted by Crippen LogP contribution is 2.17. The molecule has 1 saturated heterocycles. The minimum atomic E-state index is -1.03. The lowest BCUT2D eigenvalue weighted by Crippen LogP contribution is -2.50. The average Bonchev–Trinajstić information content (AvgIpc) is 2.84. The second-order valence-corrected chi connectivity index (χ2v) is 5.54. The maximum absolute atomic E-state index is 12.2. The predicted molar refractivity (Wildman–Crippen MR) is 73.1 cm³/mol. The number of ether oxygens (including phenoxy) is 2. The highest BCUT2D eigenvalue weighted by Gasteiger charge is 2.29. The Bertz CT molecular complexity index is 487. The van der Waals surface area contributed by atoms with E-state index in [4.69, 9.17) is 14.6 Å². The van der Waals surface area contributed by atoms with Crippen LogP contribution in [-0.2, 0) is 14.3 Å². The van der Waals surface area contributed by atoms with E-state index in [0.717, 1.165) is 5.56 Å². The molecule has 1 aromatic rings. The van der Waals surface area contributed by atoms with Gasteiger partial charge >= 0.3 is 5.97 Å². The third-order valence-corrected chi connectivity index (χ3v) is 4.13. The van der Waals surface area contributed by atoms with E-state index in [1.807, 2.05) is 18.4 Å². The summed E-state index contributed by atoms with van der Waals surface area (Å²) in [5.41, 5.74) is 0.933. The molecule has 20 heavy (non-hydrogen) atoms. The maximum atomic E-state index is 12.2. The van der Waals surface area contributed by atoms with Gasteiger partial charge in [-0.25, -0.2) is 4.79 Å². The number of carbonyl (C=O) groups is 2. The van der Waals surface area contributed by atoms with Crippen molar-refractivity contribution < 1.29 is 24.2 Å². The van der Waals surface area contributed by atoms with E-state index in [1.165, 1.54) is 11.3 Å². The standard InChI is InChI=1S/C13H17NO5S/c1-8-3-5-20-12(8)13(17)14-9-2-4-18-6-10(9)19-7-11(15)16/h3,5,9-10H,2,4,6-7H2,1H3,(H,14,17)(H,15,16)/t9-,10-/m1/s1. The van der Waals surface area contributed by atoms with Gasteiger partial charge in [0, 0.05) is 6.61 Å². The van der Waals surface area contributed by atoms with Gasteiger partial charge in [0.25, 0.3) is 5.91 Å². The van der Waals surface area contributed by atoms with Gasteiger partial charge in [-0.15, -0.1) is 11.3 Å². The molecule has 7 heteroatoms. The molecule has 2 rings (SSSR count). The number of nitrogens with one attached hydrogen (secondary N) is 1. The number of rotatable bonds is 5. The van der Waals surface area contributed by atoms with Gasteiger partial charge in [-0.05, 0) is 30.4 Å². The number of aliphatic carboxylic acids is 1. The van der Waals surface area contributed by atoms with Crippen LogP contribution in [0, 0.1) is 6.92 Å². The molecule has 0 aliphatic carbocycles. The summed E-state index contributed by atoms with van der Waals surface area (Å²) in [5.74, 6) is -1.18. The third-order valence-electron chi connectivity index (χ3n) is 3.11. The van der Waals surface area contributed by atoms with Crippen LogP contribution in [-0.4, -0.2) is 48.9 Å². The fraction of sp³-hybridized carbons (Fsp3) is 0.538. The Morgan fingerprint density at radius 3 is 3.05 bits per heavy atom. The fourth-order valence-electron chi connectivity index (χ4n) is 2.06. The van der Waals surface area contributed by atoms with E-state index in [1.54, 1.807) is 0 Å². The molecule has 1 aliphatic heterocycles. The quantitative estimate of drug-likeness (QED) is 0.849. The molecule has 2 heterocycles. The molecule has 1 aromatic heterocycles. The molecule has 2 atom stereocenters. The Balaban J connectivity index is 1.96. The van der Waals surface area contributed by atoms with Crippen molar-refractivity contribution in [2.45, 2.75) is 25.5 Å². The molecular weight excluding hydrogens is 282 g/mol. The van der Waals surface area contributed by atoms with Gasteiger partial charge in [-0.2, -0.15) is 0 Å². The first-order chi connectivity index (χ1) is 9.58. The van der Waals surface area contributed by atoms with Crippen molar-refractivity contribution in [2.75, 3.05) is 19.8 Å². The van der Waals surface area contributed by atoms with Gasteiger partial charge in [0.05, 0.1) is 17.5 Å². The number of hydrogen-bond donors (Lipinski definition) is 2. The number of amides is 1. The van der Waals surface area contributed by atoms with Gasteiger partial charge in [0.15, 0.2) is 0 Å². The van der Waals surface area contributed by atoms with E-state index in [0.29, 0.717) is 24.5 Å². The molecule has 0 unspecified atom stereocenters. The smallest absolute Gasteiger partial charge is 0.329 e. The summed E-state index contributed by atoms with van der Waals surface area (Å²) < 4.78 is 10.5. The SMILES string of the molecule is Cc1ccsc1C(=O)N[C@@H]1CCOC[C@H]1OCC(=O)O. The van der Waals surface area contributed by atoms with Crippen LogP contribution < -0.4 is 5.32 Å². The van der Waals surface area contributed by atoms with Crippen molar-refractivity contribution in [3.05, 3.63) is 21.9 Å². The van der Waals surface area contributed by atoms with Gasteiger partial charge in [-0.1, -0.05) is 0 Å². The first kappa shape index (κ1) is 15.0. The molecule has 6 nitrogen and oxygen atoms in total. The van der Waals surface area contributed by atoms with Gasteiger partial charge in [0.2, 0.25) is 0 Å². The number of thiophene rings is 1. The van der Waals surface area contributed by atoms with Crippen LogP contribution in [0.5, 0.6) is 0 Å². The van der Waals surface area contributed by atoms with Crippen LogP contribution in [0.25, 0.3) is 0 Å². The second-order valence-electron chi connectivity index (χ2n) is 4.62. The number of carboxylic acids is 1. The van der Waals surface area contributed by atoms with E-state index in [9.17, 15) is 9.59 Å². The number of aryl methyl sites for hydroxylation is 1. The summed E-state index contributed by atoms with van der Waals surface area (Å²) in [6, 6.07) is 1.67. The largest absolute Gasteiger partial charge is 0.480 e. The van der Waals surface area contributed by atoms with Crippen LogP contribution >= 0.6 is 11.3 Å². The second kappa shape index (κ2) is 6.83. The van der Waals surface area contributed by atoms with Crippen molar-refractivity contribution in [3.63, 3.8) is 0 Å². The summed E-state index contributed by atoms with van der Waals surface area (Å²) in [5, 5.41) is 13.4. The normalized spacial score (nSPS) is 22.4. The van der Waals surface area contributed by atoms with E-state index in [-0.39, 0.29) is 11.9 Å². The zero-order chi connectivity index (χ0) is 14.5. The van der Waals surface area contributed by atoms with Crippen molar-refractivity contribution in [1.82, 2.24) is 5.32 Å². The van der Waals surface area contributed by atoms with Crippen LogP contribution in [0.4, 0.5) is 0 Å². The predicted octanol–water partition coefficient (Wildman–Crippen LogP) is 1.05. The van der Waals surface area contributed by atoms with E-state index >= 15 is 0 Å². The summed E-state index contributed by atoms with van der Waals surface area (Å²) >= 11 is 1.39. The topological polar surface area (TPSA) is 84.9 Å². The molecule has 0 saturated carbocycles. The van der Waals surface area contributed by atoms with Crippen molar-refractivity contribution >= 4 is 23.2 Å².